The largest absolute Gasteiger partial charge is 0.328 e. The van der Waals surface area contributed by atoms with E-state index in [1.54, 1.807) is 0 Å². The third-order valence-electron chi connectivity index (χ3n) is 1.76. The van der Waals surface area contributed by atoms with Gasteiger partial charge in [-0.2, -0.15) is 0 Å². The van der Waals surface area contributed by atoms with Crippen molar-refractivity contribution in [3.8, 4) is 0 Å². The molecule has 0 saturated heterocycles. The Hall–Kier alpha value is -0.370. The quantitative estimate of drug-likeness (QED) is 0.405. The van der Waals surface area contributed by atoms with E-state index >= 15 is 0 Å². The van der Waals surface area contributed by atoms with Crippen molar-refractivity contribution in [3.05, 3.63) is 0 Å². The minimum absolute atomic E-state index is 0.433. The number of quaternary nitrogens is 1. The molecule has 9 heavy (non-hydrogen) atoms. The summed E-state index contributed by atoms with van der Waals surface area (Å²) in [6.07, 6.45) is 1.64. The van der Waals surface area contributed by atoms with Crippen LogP contribution in [-0.4, -0.2) is 38.0 Å². The van der Waals surface area contributed by atoms with Crippen LogP contribution in [0, 0.1) is 0 Å². The second kappa shape index (κ2) is 2.97. The van der Waals surface area contributed by atoms with Gasteiger partial charge in [-0.05, 0) is 6.92 Å². The molecule has 0 heterocycles. The highest BCUT2D eigenvalue weighted by molar-refractivity contribution is 5.49. The molecule has 0 aliphatic rings. The van der Waals surface area contributed by atoms with Gasteiger partial charge in [0.15, 0.2) is 0 Å². The van der Waals surface area contributed by atoms with Gasteiger partial charge in [-0.1, -0.05) is 0 Å². The molecule has 0 aliphatic carbocycles. The van der Waals surface area contributed by atoms with E-state index in [0.29, 0.717) is 12.5 Å². The fourth-order valence-electron chi connectivity index (χ4n) is 0.455. The van der Waals surface area contributed by atoms with E-state index in [1.165, 1.54) is 0 Å². The van der Waals surface area contributed by atoms with Crippen molar-refractivity contribution in [2.75, 3.05) is 21.1 Å². The number of carbonyl (C=O) groups excluding carboxylic acids is 1. The molecule has 0 N–H and O–H groups in total. The molecule has 0 rings (SSSR count). The lowest BCUT2D eigenvalue weighted by Crippen LogP contribution is -2.43. The van der Waals surface area contributed by atoms with E-state index in [0.717, 1.165) is 10.8 Å². The topological polar surface area (TPSA) is 17.1 Å². The molecule has 0 aromatic rings. The standard InChI is InChI=1S/C7H16NO/c1-7(5-6-9)8(2,3)4/h6-7H,5H2,1-4H3/q+1. The van der Waals surface area contributed by atoms with Crippen LogP contribution in [0.5, 0.6) is 0 Å². The molecule has 0 saturated carbocycles. The first-order valence-electron chi connectivity index (χ1n) is 3.23. The molecule has 1 unspecified atom stereocenters. The molecule has 0 bridgehead atoms. The Bertz CT molecular complexity index is 93.6. The predicted octanol–water partition coefficient (Wildman–Crippen LogP) is 0.670. The highest BCUT2D eigenvalue weighted by Crippen LogP contribution is 2.03. The molecule has 0 spiro atoms. The predicted molar refractivity (Wildman–Crippen MR) is 38.2 cm³/mol. The van der Waals surface area contributed by atoms with E-state index in [1.807, 2.05) is 0 Å². The van der Waals surface area contributed by atoms with Crippen molar-refractivity contribution in [2.45, 2.75) is 19.4 Å². The second-order valence-corrected chi connectivity index (χ2v) is 3.37. The number of aldehydes is 1. The molecule has 0 aliphatic heterocycles. The summed E-state index contributed by atoms with van der Waals surface area (Å²) in [7, 11) is 6.27. The summed E-state index contributed by atoms with van der Waals surface area (Å²) >= 11 is 0. The number of hydrogen-bond acceptors (Lipinski definition) is 1. The molecule has 1 atom stereocenters. The van der Waals surface area contributed by atoms with Gasteiger partial charge in [-0.3, -0.25) is 0 Å². The van der Waals surface area contributed by atoms with Crippen LogP contribution in [0.2, 0.25) is 0 Å². The third-order valence-corrected chi connectivity index (χ3v) is 1.76. The van der Waals surface area contributed by atoms with Gasteiger partial charge in [0.1, 0.15) is 6.29 Å². The Morgan fingerprint density at radius 1 is 1.44 bits per heavy atom. The monoisotopic (exact) mass is 130 g/mol. The van der Waals surface area contributed by atoms with Crippen LogP contribution < -0.4 is 0 Å². The molecule has 0 fully saturated rings. The minimum Gasteiger partial charge on any atom is -0.328 e. The smallest absolute Gasteiger partial charge is 0.125 e. The van der Waals surface area contributed by atoms with Gasteiger partial charge < -0.3 is 9.28 Å². The van der Waals surface area contributed by atoms with Crippen molar-refractivity contribution >= 4 is 6.29 Å². The Morgan fingerprint density at radius 3 is 2.00 bits per heavy atom. The van der Waals surface area contributed by atoms with Gasteiger partial charge in [0.2, 0.25) is 0 Å². The van der Waals surface area contributed by atoms with E-state index < -0.39 is 0 Å². The average Bonchev–Trinajstić information content (AvgIpc) is 1.64. The maximum atomic E-state index is 10.1. The van der Waals surface area contributed by atoms with Gasteiger partial charge in [-0.25, -0.2) is 0 Å². The summed E-state index contributed by atoms with van der Waals surface area (Å²) in [6.45, 7) is 2.08. The van der Waals surface area contributed by atoms with Crippen molar-refractivity contribution in [2.24, 2.45) is 0 Å². The number of carbonyl (C=O) groups is 1. The normalized spacial score (nSPS) is 15.1. The number of hydrogen-bond donors (Lipinski definition) is 0. The average molecular weight is 130 g/mol. The van der Waals surface area contributed by atoms with Crippen LogP contribution in [0.25, 0.3) is 0 Å². The maximum absolute atomic E-state index is 10.1. The molecular formula is C7H16NO+. The Labute approximate surface area is 57.1 Å². The molecule has 0 radical (unpaired) electrons. The van der Waals surface area contributed by atoms with Crippen LogP contribution in [0.15, 0.2) is 0 Å². The van der Waals surface area contributed by atoms with E-state index in [4.69, 9.17) is 0 Å². The van der Waals surface area contributed by atoms with E-state index in [2.05, 4.69) is 28.1 Å². The molecule has 2 nitrogen and oxygen atoms in total. The first-order valence-corrected chi connectivity index (χ1v) is 3.23. The van der Waals surface area contributed by atoms with Crippen LogP contribution in [0.1, 0.15) is 13.3 Å². The minimum atomic E-state index is 0.433. The second-order valence-electron chi connectivity index (χ2n) is 3.37. The maximum Gasteiger partial charge on any atom is 0.125 e. The fourth-order valence-corrected chi connectivity index (χ4v) is 0.455. The Balaban J connectivity index is 3.72. The Morgan fingerprint density at radius 2 is 1.89 bits per heavy atom. The highest BCUT2D eigenvalue weighted by atomic mass is 16.1. The summed E-state index contributed by atoms with van der Waals surface area (Å²) in [4.78, 5) is 10.1. The zero-order valence-corrected chi connectivity index (χ0v) is 6.72. The van der Waals surface area contributed by atoms with Crippen LogP contribution in [0.4, 0.5) is 0 Å². The molecule has 0 aromatic heterocycles. The van der Waals surface area contributed by atoms with Gasteiger partial charge in [0.25, 0.3) is 0 Å². The summed E-state index contributed by atoms with van der Waals surface area (Å²) in [5, 5.41) is 0. The molecule has 2 heteroatoms. The van der Waals surface area contributed by atoms with E-state index in [9.17, 15) is 4.79 Å². The third kappa shape index (κ3) is 3.25. The lowest BCUT2D eigenvalue weighted by Gasteiger charge is -2.30. The van der Waals surface area contributed by atoms with Crippen LogP contribution in [-0.2, 0) is 4.79 Å². The molecule has 54 valence electrons. The highest BCUT2D eigenvalue weighted by Gasteiger charge is 2.16. The van der Waals surface area contributed by atoms with Crippen molar-refractivity contribution in [3.63, 3.8) is 0 Å². The van der Waals surface area contributed by atoms with Gasteiger partial charge in [0.05, 0.1) is 33.6 Å². The summed E-state index contributed by atoms with van der Waals surface area (Å²) in [6, 6.07) is 0.433. The lowest BCUT2D eigenvalue weighted by atomic mass is 10.2. The van der Waals surface area contributed by atoms with Crippen LogP contribution in [0.3, 0.4) is 0 Å². The molecule has 0 amide bonds. The first kappa shape index (κ1) is 8.63. The summed E-state index contributed by atoms with van der Waals surface area (Å²) in [5.74, 6) is 0. The van der Waals surface area contributed by atoms with Gasteiger partial charge in [-0.15, -0.1) is 0 Å². The lowest BCUT2D eigenvalue weighted by molar-refractivity contribution is -0.893. The van der Waals surface area contributed by atoms with Gasteiger partial charge in [0, 0.05) is 0 Å². The molecular weight excluding hydrogens is 114 g/mol. The van der Waals surface area contributed by atoms with Crippen molar-refractivity contribution < 1.29 is 9.28 Å². The Kier molecular flexibility index (Phi) is 2.85. The zero-order valence-electron chi connectivity index (χ0n) is 6.72. The fraction of sp³-hybridized carbons (Fsp3) is 0.857. The van der Waals surface area contributed by atoms with E-state index in [-0.39, 0.29) is 0 Å². The van der Waals surface area contributed by atoms with Crippen molar-refractivity contribution in [1.82, 2.24) is 0 Å². The summed E-state index contributed by atoms with van der Waals surface area (Å²) in [5.41, 5.74) is 0. The first-order chi connectivity index (χ1) is 3.98. The van der Waals surface area contributed by atoms with Crippen molar-refractivity contribution in [1.29, 1.82) is 0 Å². The zero-order chi connectivity index (χ0) is 7.49. The number of nitrogens with zero attached hydrogens (tertiary/aromatic N) is 1. The van der Waals surface area contributed by atoms with Gasteiger partial charge >= 0.3 is 0 Å². The summed E-state index contributed by atoms with van der Waals surface area (Å²) < 4.78 is 0.860. The SMILES string of the molecule is CC(CC=O)[N+](C)(C)C. The van der Waals surface area contributed by atoms with Crippen LogP contribution >= 0.6 is 0 Å². The molecule has 0 aromatic carbocycles. The number of rotatable bonds is 3.